The number of nitrogens with zero attached hydrogens (tertiary/aromatic N) is 2. The topological polar surface area (TPSA) is 32.8 Å². The maximum Gasteiger partial charge on any atom is 0.339 e. The van der Waals surface area contributed by atoms with Gasteiger partial charge in [-0.15, -0.1) is 12.4 Å². The first kappa shape index (κ1) is 21.7. The van der Waals surface area contributed by atoms with E-state index < -0.39 is 0 Å². The molecule has 5 heteroatoms. The first-order valence-electron chi connectivity index (χ1n) is 10.5. The van der Waals surface area contributed by atoms with E-state index in [1.54, 1.807) is 0 Å². The number of anilines is 1. The maximum atomic E-state index is 11.9. The summed E-state index contributed by atoms with van der Waals surface area (Å²) in [4.78, 5) is 16.9. The average molecular weight is 415 g/mol. The molecular formula is C24H31ClN2O2. The predicted molar refractivity (Wildman–Crippen MR) is 120 cm³/mol. The molecule has 2 aromatic rings. The van der Waals surface area contributed by atoms with Crippen LogP contribution in [0, 0.1) is 0 Å². The van der Waals surface area contributed by atoms with E-state index in [2.05, 4.69) is 47.9 Å². The van der Waals surface area contributed by atoms with Crippen molar-refractivity contribution in [2.75, 3.05) is 37.6 Å². The Balaban J connectivity index is 0.00000240. The summed E-state index contributed by atoms with van der Waals surface area (Å²) in [5, 5.41) is 0. The summed E-state index contributed by atoms with van der Waals surface area (Å²) in [5.74, 6) is 0.412. The van der Waals surface area contributed by atoms with Gasteiger partial charge in [-0.05, 0) is 49.1 Å². The van der Waals surface area contributed by atoms with Crippen LogP contribution in [-0.4, -0.2) is 43.6 Å². The number of hydrogen-bond donors (Lipinski definition) is 0. The highest BCUT2D eigenvalue weighted by Gasteiger charge is 2.30. The Kier molecular flexibility index (Phi) is 7.20. The van der Waals surface area contributed by atoms with Gasteiger partial charge < -0.3 is 9.64 Å². The highest BCUT2D eigenvalue weighted by molar-refractivity contribution is 5.93. The first-order chi connectivity index (χ1) is 13.6. The molecule has 0 bridgehead atoms. The quantitative estimate of drug-likeness (QED) is 0.619. The third-order valence-electron chi connectivity index (χ3n) is 6.01. The van der Waals surface area contributed by atoms with E-state index in [0.29, 0.717) is 5.92 Å². The Labute approximate surface area is 180 Å². The molecular weight excluding hydrogens is 384 g/mol. The number of hydrogen-bond acceptors (Lipinski definition) is 4. The molecule has 0 aromatic heterocycles. The van der Waals surface area contributed by atoms with Gasteiger partial charge in [0.2, 0.25) is 0 Å². The molecule has 29 heavy (non-hydrogen) atoms. The van der Waals surface area contributed by atoms with Crippen molar-refractivity contribution in [1.29, 1.82) is 0 Å². The first-order valence-corrected chi connectivity index (χ1v) is 10.5. The highest BCUT2D eigenvalue weighted by atomic mass is 35.5. The number of rotatable bonds is 6. The van der Waals surface area contributed by atoms with Crippen LogP contribution in [0.1, 0.15) is 60.2 Å². The molecule has 4 rings (SSSR count). The zero-order valence-corrected chi connectivity index (χ0v) is 18.2. The van der Waals surface area contributed by atoms with Gasteiger partial charge in [0, 0.05) is 37.4 Å². The van der Waals surface area contributed by atoms with E-state index in [1.807, 2.05) is 24.3 Å². The number of halogens is 1. The lowest BCUT2D eigenvalue weighted by Crippen LogP contribution is -2.46. The van der Waals surface area contributed by atoms with Crippen LogP contribution in [0.25, 0.3) is 0 Å². The molecule has 2 aromatic carbocycles. The minimum atomic E-state index is -0.169. The van der Waals surface area contributed by atoms with Crippen molar-refractivity contribution in [1.82, 2.24) is 4.90 Å². The van der Waals surface area contributed by atoms with Crippen molar-refractivity contribution < 1.29 is 9.53 Å². The van der Waals surface area contributed by atoms with Gasteiger partial charge in [0.05, 0.1) is 5.56 Å². The summed E-state index contributed by atoms with van der Waals surface area (Å²) in [5.41, 5.74) is 4.53. The van der Waals surface area contributed by atoms with Crippen LogP contribution < -0.4 is 4.90 Å². The molecule has 1 unspecified atom stereocenters. The minimum Gasteiger partial charge on any atom is -0.454 e. The lowest BCUT2D eigenvalue weighted by molar-refractivity contribution is 0.0358. The van der Waals surface area contributed by atoms with Gasteiger partial charge in [0.15, 0.2) is 0 Å². The van der Waals surface area contributed by atoms with Crippen LogP contribution in [0.2, 0.25) is 0 Å². The van der Waals surface area contributed by atoms with E-state index in [-0.39, 0.29) is 24.5 Å². The van der Waals surface area contributed by atoms with Crippen LogP contribution in [-0.2, 0) is 4.74 Å². The fourth-order valence-electron chi connectivity index (χ4n) is 4.23. The van der Waals surface area contributed by atoms with Gasteiger partial charge in [0.1, 0.15) is 6.10 Å². The number of piperazine rings is 1. The molecule has 156 valence electrons. The van der Waals surface area contributed by atoms with Gasteiger partial charge in [-0.3, -0.25) is 4.90 Å². The number of carbonyl (C=O) groups is 1. The van der Waals surface area contributed by atoms with Crippen LogP contribution in [0.4, 0.5) is 5.69 Å². The van der Waals surface area contributed by atoms with E-state index in [1.165, 1.54) is 11.3 Å². The predicted octanol–water partition coefficient (Wildman–Crippen LogP) is 5.05. The second-order valence-corrected chi connectivity index (χ2v) is 8.20. The van der Waals surface area contributed by atoms with E-state index in [4.69, 9.17) is 4.74 Å². The molecule has 0 aliphatic carbocycles. The molecule has 0 saturated carbocycles. The monoisotopic (exact) mass is 414 g/mol. The van der Waals surface area contributed by atoms with Crippen LogP contribution in [0.15, 0.2) is 48.5 Å². The molecule has 2 heterocycles. The molecule has 4 nitrogen and oxygen atoms in total. The van der Waals surface area contributed by atoms with Crippen molar-refractivity contribution in [2.45, 2.75) is 38.7 Å². The summed E-state index contributed by atoms with van der Waals surface area (Å²) < 4.78 is 5.56. The number of ether oxygens (including phenoxy) is 1. The van der Waals surface area contributed by atoms with Crippen molar-refractivity contribution in [2.24, 2.45) is 0 Å². The Morgan fingerprint density at radius 2 is 1.69 bits per heavy atom. The van der Waals surface area contributed by atoms with E-state index in [9.17, 15) is 4.79 Å². The number of carbonyl (C=O) groups excluding carboxylic acids is 1. The third kappa shape index (κ3) is 4.93. The third-order valence-corrected chi connectivity index (χ3v) is 6.01. The maximum absolute atomic E-state index is 11.9. The lowest BCUT2D eigenvalue weighted by Gasteiger charge is -2.36. The Morgan fingerprint density at radius 1 is 1.00 bits per heavy atom. The average Bonchev–Trinajstić information content (AvgIpc) is 3.05. The van der Waals surface area contributed by atoms with Crippen LogP contribution >= 0.6 is 12.4 Å². The normalized spacial score (nSPS) is 19.1. The molecule has 0 amide bonds. The van der Waals surface area contributed by atoms with Gasteiger partial charge in [-0.2, -0.15) is 0 Å². The smallest absolute Gasteiger partial charge is 0.339 e. The summed E-state index contributed by atoms with van der Waals surface area (Å²) >= 11 is 0. The fourth-order valence-corrected chi connectivity index (χ4v) is 4.23. The second kappa shape index (κ2) is 9.64. The standard InChI is InChI=1S/C24H30N2O2.ClH/c1-18(2)19-9-11-20(12-10-19)26-16-14-25(15-17-26)13-5-8-23-21-6-3-4-7-22(21)24(27)28-23;/h3-4,6-7,9-12,18,23H,5,8,13-17H2,1-2H3;1H. The van der Waals surface area contributed by atoms with Crippen LogP contribution in [0.5, 0.6) is 0 Å². The van der Waals surface area contributed by atoms with Gasteiger partial charge >= 0.3 is 5.97 Å². The zero-order valence-electron chi connectivity index (χ0n) is 17.3. The van der Waals surface area contributed by atoms with E-state index >= 15 is 0 Å². The molecule has 0 N–H and O–H groups in total. The molecule has 0 spiro atoms. The molecule has 1 saturated heterocycles. The van der Waals surface area contributed by atoms with Gasteiger partial charge in [-0.25, -0.2) is 4.79 Å². The Morgan fingerprint density at radius 3 is 2.38 bits per heavy atom. The molecule has 2 aliphatic heterocycles. The van der Waals surface area contributed by atoms with E-state index in [0.717, 1.165) is 56.7 Å². The summed E-state index contributed by atoms with van der Waals surface area (Å²) in [6.45, 7) is 9.86. The number of cyclic esters (lactones) is 1. The van der Waals surface area contributed by atoms with Crippen molar-refractivity contribution >= 4 is 24.1 Å². The summed E-state index contributed by atoms with van der Waals surface area (Å²) in [6.07, 6.45) is 1.89. The summed E-state index contributed by atoms with van der Waals surface area (Å²) in [6, 6.07) is 16.8. The lowest BCUT2D eigenvalue weighted by atomic mass is 10.0. The molecule has 1 atom stereocenters. The molecule has 2 aliphatic rings. The van der Waals surface area contributed by atoms with Crippen molar-refractivity contribution in [3.63, 3.8) is 0 Å². The van der Waals surface area contributed by atoms with Crippen molar-refractivity contribution in [3.8, 4) is 0 Å². The largest absolute Gasteiger partial charge is 0.454 e. The SMILES string of the molecule is CC(C)c1ccc(N2CCN(CCCC3OC(=O)c4ccccc43)CC2)cc1.Cl. The van der Waals surface area contributed by atoms with Gasteiger partial charge in [0.25, 0.3) is 0 Å². The fraction of sp³-hybridized carbons (Fsp3) is 0.458. The Bertz CT molecular complexity index is 814. The highest BCUT2D eigenvalue weighted by Crippen LogP contribution is 2.33. The number of fused-ring (bicyclic) bond motifs is 1. The van der Waals surface area contributed by atoms with Crippen molar-refractivity contribution in [3.05, 3.63) is 65.2 Å². The zero-order chi connectivity index (χ0) is 19.5. The minimum absolute atomic E-state index is 0. The molecule has 0 radical (unpaired) electrons. The van der Waals surface area contributed by atoms with Crippen LogP contribution in [0.3, 0.4) is 0 Å². The second-order valence-electron chi connectivity index (χ2n) is 8.20. The molecule has 1 fully saturated rings. The summed E-state index contributed by atoms with van der Waals surface area (Å²) in [7, 11) is 0. The number of benzene rings is 2. The van der Waals surface area contributed by atoms with Gasteiger partial charge in [-0.1, -0.05) is 44.2 Å². The number of esters is 1. The Hall–Kier alpha value is -2.04.